The highest BCUT2D eigenvalue weighted by Crippen LogP contribution is 2.49. The molecule has 1 aliphatic rings. The van der Waals surface area contributed by atoms with E-state index in [2.05, 4.69) is 48.6 Å². The molecule has 0 radical (unpaired) electrons. The van der Waals surface area contributed by atoms with Crippen LogP contribution >= 0.6 is 11.8 Å². The highest BCUT2D eigenvalue weighted by atomic mass is 32.2. The second kappa shape index (κ2) is 3.27. The molecule has 1 aliphatic heterocycles. The summed E-state index contributed by atoms with van der Waals surface area (Å²) in [7, 11) is 2.07. The van der Waals surface area contributed by atoms with Crippen LogP contribution in [0.5, 0.6) is 0 Å². The van der Waals surface area contributed by atoms with Crippen molar-refractivity contribution < 1.29 is 0 Å². The van der Waals surface area contributed by atoms with Gasteiger partial charge in [-0.15, -0.1) is 0 Å². The summed E-state index contributed by atoms with van der Waals surface area (Å²) in [6.07, 6.45) is 1.29. The number of hydrogen-bond acceptors (Lipinski definition) is 2. The summed E-state index contributed by atoms with van der Waals surface area (Å²) in [6, 6.07) is 6.72. The maximum Gasteiger partial charge on any atom is 0.106 e. The lowest BCUT2D eigenvalue weighted by molar-refractivity contribution is 0.627. The van der Waals surface area contributed by atoms with E-state index in [-0.39, 0.29) is 0 Å². The predicted molar refractivity (Wildman–Crippen MR) is 69.9 cm³/mol. The van der Waals surface area contributed by atoms with Crippen molar-refractivity contribution in [2.45, 2.75) is 25.0 Å². The van der Waals surface area contributed by atoms with E-state index >= 15 is 0 Å². The fourth-order valence-corrected chi connectivity index (χ4v) is 3.40. The van der Waals surface area contributed by atoms with Crippen molar-refractivity contribution in [3.8, 4) is 0 Å². The van der Waals surface area contributed by atoms with Crippen LogP contribution in [0.2, 0.25) is 0 Å². The van der Waals surface area contributed by atoms with Crippen LogP contribution in [-0.2, 0) is 11.8 Å². The minimum absolute atomic E-state index is 0.333. The SMILES string of the molecule is Cc1nc2cc(C3(C)CCS3)ccc2n1C. The molecule has 0 amide bonds. The fraction of sp³-hybridized carbons (Fsp3) is 0.462. The van der Waals surface area contributed by atoms with E-state index in [4.69, 9.17) is 0 Å². The zero-order valence-electron chi connectivity index (χ0n) is 9.95. The Hall–Kier alpha value is -0.960. The summed E-state index contributed by atoms with van der Waals surface area (Å²) < 4.78 is 2.48. The third kappa shape index (κ3) is 1.31. The molecule has 1 fully saturated rings. The largest absolute Gasteiger partial charge is 0.331 e. The lowest BCUT2D eigenvalue weighted by atomic mass is 9.96. The minimum atomic E-state index is 0.333. The first kappa shape index (κ1) is 10.2. The van der Waals surface area contributed by atoms with E-state index in [0.717, 1.165) is 11.3 Å². The first-order valence-corrected chi connectivity index (χ1v) is 6.66. The van der Waals surface area contributed by atoms with Crippen LogP contribution in [-0.4, -0.2) is 15.3 Å². The number of aromatic nitrogens is 2. The lowest BCUT2D eigenvalue weighted by Crippen LogP contribution is -2.27. The summed E-state index contributed by atoms with van der Waals surface area (Å²) in [5.41, 5.74) is 3.79. The second-order valence-electron chi connectivity index (χ2n) is 4.75. The zero-order valence-corrected chi connectivity index (χ0v) is 10.8. The molecule has 1 aromatic heterocycles. The van der Waals surface area contributed by atoms with Gasteiger partial charge in [0, 0.05) is 11.8 Å². The van der Waals surface area contributed by atoms with Gasteiger partial charge in [-0.05, 0) is 43.7 Å². The van der Waals surface area contributed by atoms with Gasteiger partial charge in [0.15, 0.2) is 0 Å². The van der Waals surface area contributed by atoms with Crippen LogP contribution in [0.15, 0.2) is 18.2 Å². The molecule has 0 N–H and O–H groups in total. The summed E-state index contributed by atoms with van der Waals surface area (Å²) in [5, 5.41) is 0. The van der Waals surface area contributed by atoms with Crippen molar-refractivity contribution in [2.24, 2.45) is 7.05 Å². The van der Waals surface area contributed by atoms with Crippen LogP contribution in [0.25, 0.3) is 11.0 Å². The Labute approximate surface area is 100 Å². The van der Waals surface area contributed by atoms with Gasteiger partial charge in [0.25, 0.3) is 0 Å². The Morgan fingerprint density at radius 1 is 1.44 bits per heavy atom. The lowest BCUT2D eigenvalue weighted by Gasteiger charge is -2.38. The van der Waals surface area contributed by atoms with E-state index in [9.17, 15) is 0 Å². The summed E-state index contributed by atoms with van der Waals surface area (Å²) in [6.45, 7) is 4.39. The predicted octanol–water partition coefficient (Wildman–Crippen LogP) is 3.23. The molecule has 3 heteroatoms. The number of thioether (sulfide) groups is 1. The zero-order chi connectivity index (χ0) is 11.3. The molecule has 3 rings (SSSR count). The molecule has 1 saturated heterocycles. The molecule has 0 spiro atoms. The van der Waals surface area contributed by atoms with Gasteiger partial charge < -0.3 is 4.57 Å². The molecule has 0 saturated carbocycles. The van der Waals surface area contributed by atoms with Gasteiger partial charge in [-0.2, -0.15) is 11.8 Å². The van der Waals surface area contributed by atoms with E-state index in [1.807, 2.05) is 11.8 Å². The standard InChI is InChI=1S/C13H16N2S/c1-9-14-11-8-10(13(2)6-7-16-13)4-5-12(11)15(9)3/h4-5,8H,6-7H2,1-3H3. The Morgan fingerprint density at radius 3 is 2.81 bits per heavy atom. The van der Waals surface area contributed by atoms with Gasteiger partial charge >= 0.3 is 0 Å². The van der Waals surface area contributed by atoms with Crippen molar-refractivity contribution in [1.29, 1.82) is 0 Å². The number of hydrogen-bond donors (Lipinski definition) is 0. The van der Waals surface area contributed by atoms with Crippen LogP contribution in [0.3, 0.4) is 0 Å². The number of benzene rings is 1. The average molecular weight is 232 g/mol. The minimum Gasteiger partial charge on any atom is -0.331 e. The molecule has 1 aromatic carbocycles. The second-order valence-corrected chi connectivity index (χ2v) is 6.35. The summed E-state index contributed by atoms with van der Waals surface area (Å²) in [4.78, 5) is 4.60. The highest BCUT2D eigenvalue weighted by molar-refractivity contribution is 8.01. The third-order valence-corrected chi connectivity index (χ3v) is 5.20. The van der Waals surface area contributed by atoms with Crippen LogP contribution in [0.1, 0.15) is 24.7 Å². The highest BCUT2D eigenvalue weighted by Gasteiger charge is 2.34. The van der Waals surface area contributed by atoms with Gasteiger partial charge in [0.1, 0.15) is 5.82 Å². The van der Waals surface area contributed by atoms with Crippen LogP contribution in [0, 0.1) is 6.92 Å². The molecule has 0 aliphatic carbocycles. The van der Waals surface area contributed by atoms with Crippen molar-refractivity contribution >= 4 is 22.8 Å². The Balaban J connectivity index is 2.16. The monoisotopic (exact) mass is 232 g/mol. The molecule has 0 bridgehead atoms. The van der Waals surface area contributed by atoms with Gasteiger partial charge in [-0.25, -0.2) is 4.98 Å². The molecule has 84 valence electrons. The van der Waals surface area contributed by atoms with E-state index in [0.29, 0.717) is 4.75 Å². The normalized spacial score (nSPS) is 24.7. The first-order valence-electron chi connectivity index (χ1n) is 5.68. The number of rotatable bonds is 1. The summed E-state index contributed by atoms with van der Waals surface area (Å²) in [5.74, 6) is 2.37. The molecule has 2 aromatic rings. The van der Waals surface area contributed by atoms with Crippen molar-refractivity contribution in [3.63, 3.8) is 0 Å². The Kier molecular flexibility index (Phi) is 2.08. The Bertz CT molecular complexity index is 552. The van der Waals surface area contributed by atoms with E-state index < -0.39 is 0 Å². The quantitative estimate of drug-likeness (QED) is 0.751. The summed E-state index contributed by atoms with van der Waals surface area (Å²) >= 11 is 2.05. The van der Waals surface area contributed by atoms with Crippen LogP contribution < -0.4 is 0 Å². The van der Waals surface area contributed by atoms with Gasteiger partial charge in [0.05, 0.1) is 11.0 Å². The van der Waals surface area contributed by atoms with E-state index in [1.54, 1.807) is 0 Å². The van der Waals surface area contributed by atoms with Crippen molar-refractivity contribution in [2.75, 3.05) is 5.75 Å². The molecule has 2 heterocycles. The molecule has 16 heavy (non-hydrogen) atoms. The first-order chi connectivity index (χ1) is 7.60. The van der Waals surface area contributed by atoms with Gasteiger partial charge in [-0.1, -0.05) is 6.07 Å². The maximum absolute atomic E-state index is 4.60. The topological polar surface area (TPSA) is 17.8 Å². The number of nitrogens with zero attached hydrogens (tertiary/aromatic N) is 2. The molecular weight excluding hydrogens is 216 g/mol. The number of aryl methyl sites for hydroxylation is 2. The van der Waals surface area contributed by atoms with Gasteiger partial charge in [0.2, 0.25) is 0 Å². The molecule has 2 nitrogen and oxygen atoms in total. The van der Waals surface area contributed by atoms with Crippen molar-refractivity contribution in [1.82, 2.24) is 9.55 Å². The number of imidazole rings is 1. The molecule has 1 atom stereocenters. The smallest absolute Gasteiger partial charge is 0.106 e. The van der Waals surface area contributed by atoms with Gasteiger partial charge in [-0.3, -0.25) is 0 Å². The molecule has 1 unspecified atom stereocenters. The average Bonchev–Trinajstić information content (AvgIpc) is 2.51. The maximum atomic E-state index is 4.60. The van der Waals surface area contributed by atoms with E-state index in [1.165, 1.54) is 23.3 Å². The number of fused-ring (bicyclic) bond motifs is 1. The van der Waals surface area contributed by atoms with Crippen molar-refractivity contribution in [3.05, 3.63) is 29.6 Å². The molecular formula is C13H16N2S. The fourth-order valence-electron chi connectivity index (χ4n) is 2.29. The Morgan fingerprint density at radius 2 is 2.19 bits per heavy atom. The third-order valence-electron chi connectivity index (χ3n) is 3.71. The van der Waals surface area contributed by atoms with Crippen LogP contribution in [0.4, 0.5) is 0 Å².